The molecule has 5 rings (SSSR count). The zero-order chi connectivity index (χ0) is 21.5. The van der Waals surface area contributed by atoms with Crippen molar-refractivity contribution in [2.24, 2.45) is 5.92 Å². The Morgan fingerprint density at radius 1 is 1.23 bits per heavy atom. The van der Waals surface area contributed by atoms with Gasteiger partial charge in [-0.1, -0.05) is 29.6 Å². The van der Waals surface area contributed by atoms with Crippen molar-refractivity contribution >= 4 is 40.8 Å². The van der Waals surface area contributed by atoms with Crippen LogP contribution >= 0.6 is 23.2 Å². The molecule has 2 aromatic rings. The van der Waals surface area contributed by atoms with Gasteiger partial charge in [-0.05, 0) is 43.9 Å². The molecule has 2 aliphatic carbocycles. The zero-order valence-electron chi connectivity index (χ0n) is 16.7. The monoisotopic (exact) mass is 463 g/mol. The van der Waals surface area contributed by atoms with Crippen molar-refractivity contribution in [1.82, 2.24) is 20.4 Å². The molecule has 0 spiro atoms. The zero-order valence-corrected chi connectivity index (χ0v) is 18.2. The third-order valence-corrected chi connectivity index (χ3v) is 6.55. The second-order valence-corrected chi connectivity index (χ2v) is 9.15. The molecule has 8 nitrogen and oxygen atoms in total. The van der Waals surface area contributed by atoms with E-state index in [-0.39, 0.29) is 30.4 Å². The van der Waals surface area contributed by atoms with Crippen LogP contribution in [0.15, 0.2) is 24.3 Å². The highest BCUT2D eigenvalue weighted by atomic mass is 35.5. The van der Waals surface area contributed by atoms with Crippen molar-refractivity contribution in [1.29, 1.82) is 0 Å². The van der Waals surface area contributed by atoms with Crippen molar-refractivity contribution < 1.29 is 14.3 Å². The molecule has 0 radical (unpaired) electrons. The van der Waals surface area contributed by atoms with Gasteiger partial charge in [0.2, 0.25) is 5.91 Å². The summed E-state index contributed by atoms with van der Waals surface area (Å²) in [6.45, 7) is -0.222. The Balaban J connectivity index is 1.30. The average molecular weight is 464 g/mol. The van der Waals surface area contributed by atoms with Crippen LogP contribution < -0.4 is 20.7 Å². The van der Waals surface area contributed by atoms with Crippen LogP contribution in [0, 0.1) is 5.92 Å². The van der Waals surface area contributed by atoms with Crippen LogP contribution in [0.25, 0.3) is 0 Å². The molecule has 1 saturated heterocycles. The lowest BCUT2D eigenvalue weighted by Crippen LogP contribution is -2.57. The Morgan fingerprint density at radius 3 is 2.84 bits per heavy atom. The van der Waals surface area contributed by atoms with Gasteiger partial charge < -0.3 is 15.4 Å². The summed E-state index contributed by atoms with van der Waals surface area (Å²) in [4.78, 5) is 25.1. The number of ether oxygens (including phenoxy) is 1. The number of amides is 2. The Hall–Kier alpha value is -2.29. The number of aromatic nitrogens is 2. The van der Waals surface area contributed by atoms with Crippen LogP contribution in [0.5, 0.6) is 5.75 Å². The summed E-state index contributed by atoms with van der Waals surface area (Å²) >= 11 is 12.0. The molecule has 2 amide bonds. The van der Waals surface area contributed by atoms with E-state index in [0.717, 1.165) is 37.8 Å². The first-order valence-corrected chi connectivity index (χ1v) is 11.3. The molecule has 1 aliphatic heterocycles. The molecule has 31 heavy (non-hydrogen) atoms. The van der Waals surface area contributed by atoms with Gasteiger partial charge in [-0.25, -0.2) is 4.68 Å². The minimum Gasteiger partial charge on any atom is -0.482 e. The molecule has 2 saturated carbocycles. The number of hydrogen-bond acceptors (Lipinski definition) is 5. The lowest BCUT2D eigenvalue weighted by Gasteiger charge is -2.34. The minimum atomic E-state index is -0.499. The van der Waals surface area contributed by atoms with Gasteiger partial charge in [-0.15, -0.1) is 0 Å². The molecule has 2 heterocycles. The van der Waals surface area contributed by atoms with Crippen molar-refractivity contribution in [2.75, 3.05) is 11.9 Å². The summed E-state index contributed by atoms with van der Waals surface area (Å²) in [5.41, 5.74) is 0.918. The van der Waals surface area contributed by atoms with E-state index < -0.39 is 6.29 Å². The van der Waals surface area contributed by atoms with E-state index in [1.54, 1.807) is 22.9 Å². The number of rotatable bonds is 6. The lowest BCUT2D eigenvalue weighted by atomic mass is 10.0. The van der Waals surface area contributed by atoms with Gasteiger partial charge in [-0.3, -0.25) is 14.9 Å². The fourth-order valence-electron chi connectivity index (χ4n) is 4.29. The van der Waals surface area contributed by atoms with Gasteiger partial charge in [0.25, 0.3) is 5.91 Å². The number of fused-ring (bicyclic) bond motifs is 1. The molecular weight excluding hydrogens is 441 g/mol. The highest BCUT2D eigenvalue weighted by Gasteiger charge is 2.40. The maximum atomic E-state index is 12.6. The highest BCUT2D eigenvalue weighted by molar-refractivity contribution is 6.35. The predicted octanol–water partition coefficient (Wildman–Crippen LogP) is 3.43. The summed E-state index contributed by atoms with van der Waals surface area (Å²) in [5, 5.41) is 14.8. The molecule has 3 fully saturated rings. The maximum absolute atomic E-state index is 12.6. The van der Waals surface area contributed by atoms with Gasteiger partial charge in [0, 0.05) is 23.0 Å². The number of nitrogens with one attached hydrogen (secondary N) is 3. The number of anilines is 1. The van der Waals surface area contributed by atoms with Crippen LogP contribution in [-0.2, 0) is 9.59 Å². The van der Waals surface area contributed by atoms with Crippen molar-refractivity contribution in [3.63, 3.8) is 0 Å². The van der Waals surface area contributed by atoms with Crippen molar-refractivity contribution in [3.8, 4) is 5.75 Å². The van der Waals surface area contributed by atoms with Gasteiger partial charge >= 0.3 is 0 Å². The maximum Gasteiger partial charge on any atom is 0.263 e. The van der Waals surface area contributed by atoms with E-state index in [1.165, 1.54) is 0 Å². The molecule has 3 N–H and O–H groups in total. The normalized spacial score (nSPS) is 25.1. The third-order valence-electron chi connectivity index (χ3n) is 6.02. The quantitative estimate of drug-likeness (QED) is 0.609. The van der Waals surface area contributed by atoms with E-state index in [1.807, 2.05) is 6.07 Å². The standard InChI is InChI=1S/C21H23Cl2N5O3/c22-12-6-7-17(14(23)8-12)31-10-19(29)25-18-9-16(11-4-5-11)27-28(18)21-24-15-3-1-2-13(15)20(30)26-21/h6-9,11,13,15,21,24H,1-5,10H2,(H,25,29)(H,26,30). The van der Waals surface area contributed by atoms with Gasteiger partial charge in [0.05, 0.1) is 16.6 Å². The minimum absolute atomic E-state index is 0.00489. The molecule has 0 bridgehead atoms. The second kappa shape index (κ2) is 8.33. The van der Waals surface area contributed by atoms with Crippen LogP contribution in [0.3, 0.4) is 0 Å². The summed E-state index contributed by atoms with van der Waals surface area (Å²) in [7, 11) is 0. The number of nitrogens with zero attached hydrogens (tertiary/aromatic N) is 2. The SMILES string of the molecule is O=C(COc1ccc(Cl)cc1Cl)Nc1cc(C2CC2)nn1C1NC(=O)C2CCCC2N1. The van der Waals surface area contributed by atoms with E-state index in [0.29, 0.717) is 27.5 Å². The van der Waals surface area contributed by atoms with Gasteiger partial charge in [0.1, 0.15) is 11.6 Å². The number of carbonyl (C=O) groups is 2. The Labute approximate surface area is 189 Å². The van der Waals surface area contributed by atoms with Crippen LogP contribution in [0.1, 0.15) is 50.0 Å². The van der Waals surface area contributed by atoms with E-state index in [2.05, 4.69) is 21.0 Å². The van der Waals surface area contributed by atoms with Crippen LogP contribution in [-0.4, -0.2) is 34.2 Å². The Bertz CT molecular complexity index is 1020. The fraction of sp³-hybridized carbons (Fsp3) is 0.476. The fourth-order valence-corrected chi connectivity index (χ4v) is 4.75. The Morgan fingerprint density at radius 2 is 2.06 bits per heavy atom. The summed E-state index contributed by atoms with van der Waals surface area (Å²) in [5.74, 6) is 0.988. The average Bonchev–Trinajstić information content (AvgIpc) is 3.32. The molecule has 3 unspecified atom stereocenters. The topological polar surface area (TPSA) is 97.3 Å². The van der Waals surface area contributed by atoms with Gasteiger partial charge in [-0.2, -0.15) is 5.10 Å². The molecule has 3 aliphatic rings. The van der Waals surface area contributed by atoms with Crippen LogP contribution in [0.2, 0.25) is 10.0 Å². The molecular formula is C21H23Cl2N5O3. The molecule has 1 aromatic carbocycles. The first kappa shape index (κ1) is 20.6. The molecule has 1 aromatic heterocycles. The molecule has 10 heteroatoms. The summed E-state index contributed by atoms with van der Waals surface area (Å²) < 4.78 is 7.19. The largest absolute Gasteiger partial charge is 0.482 e. The number of hydrogen-bond donors (Lipinski definition) is 3. The number of benzene rings is 1. The van der Waals surface area contributed by atoms with E-state index >= 15 is 0 Å². The highest BCUT2D eigenvalue weighted by Crippen LogP contribution is 2.40. The van der Waals surface area contributed by atoms with Crippen molar-refractivity contribution in [3.05, 3.63) is 40.0 Å². The van der Waals surface area contributed by atoms with Crippen molar-refractivity contribution in [2.45, 2.75) is 50.4 Å². The predicted molar refractivity (Wildman–Crippen MR) is 116 cm³/mol. The van der Waals surface area contributed by atoms with E-state index in [9.17, 15) is 9.59 Å². The second-order valence-electron chi connectivity index (χ2n) is 8.31. The number of carbonyl (C=O) groups excluding carboxylic acids is 2. The van der Waals surface area contributed by atoms with Gasteiger partial charge in [0.15, 0.2) is 12.9 Å². The lowest BCUT2D eigenvalue weighted by molar-refractivity contribution is -0.130. The van der Waals surface area contributed by atoms with Crippen LogP contribution in [0.4, 0.5) is 5.82 Å². The third kappa shape index (κ3) is 4.37. The van der Waals surface area contributed by atoms with E-state index in [4.69, 9.17) is 27.9 Å². The Kier molecular flexibility index (Phi) is 5.54. The summed E-state index contributed by atoms with van der Waals surface area (Å²) in [6, 6.07) is 6.82. The number of halogens is 2. The summed E-state index contributed by atoms with van der Waals surface area (Å²) in [6.07, 6.45) is 4.55. The smallest absolute Gasteiger partial charge is 0.263 e. The molecule has 3 atom stereocenters. The molecule has 164 valence electrons. The first-order chi connectivity index (χ1) is 15.0. The first-order valence-electron chi connectivity index (χ1n) is 10.5.